The highest BCUT2D eigenvalue weighted by Crippen LogP contribution is 2.30. The van der Waals surface area contributed by atoms with E-state index < -0.39 is 0 Å². The number of ether oxygens (including phenoxy) is 1. The molecule has 0 unspecified atom stereocenters. The number of esters is 1. The quantitative estimate of drug-likeness (QED) is 0.857. The van der Waals surface area contributed by atoms with Gasteiger partial charge in [-0.2, -0.15) is 0 Å². The first-order chi connectivity index (χ1) is 9.81. The van der Waals surface area contributed by atoms with Gasteiger partial charge in [0, 0.05) is 11.8 Å². The fraction of sp³-hybridized carbons (Fsp3) is 0.294. The van der Waals surface area contributed by atoms with Crippen LogP contribution in [-0.2, 0) is 10.2 Å². The van der Waals surface area contributed by atoms with Gasteiger partial charge in [0.25, 0.3) is 0 Å². The summed E-state index contributed by atoms with van der Waals surface area (Å²) in [7, 11) is 1.36. The maximum atomic E-state index is 11.9. The molecule has 0 spiro atoms. The summed E-state index contributed by atoms with van der Waals surface area (Å²) in [6, 6.07) is 7.21. The number of carbonyl (C=O) groups excluding carboxylic acids is 1. The van der Waals surface area contributed by atoms with Crippen LogP contribution in [0.5, 0.6) is 5.75 Å². The molecule has 0 aliphatic heterocycles. The van der Waals surface area contributed by atoms with Crippen molar-refractivity contribution in [2.75, 3.05) is 7.11 Å². The van der Waals surface area contributed by atoms with Crippen molar-refractivity contribution in [1.29, 1.82) is 0 Å². The summed E-state index contributed by atoms with van der Waals surface area (Å²) in [5, 5.41) is 9.57. The lowest BCUT2D eigenvalue weighted by atomic mass is 9.84. The van der Waals surface area contributed by atoms with Gasteiger partial charge in [0.2, 0.25) is 0 Å². The van der Waals surface area contributed by atoms with Crippen molar-refractivity contribution in [1.82, 2.24) is 4.98 Å². The van der Waals surface area contributed by atoms with Gasteiger partial charge in [-0.25, -0.2) is 4.79 Å². The van der Waals surface area contributed by atoms with E-state index in [2.05, 4.69) is 25.8 Å². The minimum Gasteiger partial charge on any atom is -0.506 e. The third-order valence-corrected chi connectivity index (χ3v) is 3.28. The van der Waals surface area contributed by atoms with Gasteiger partial charge in [-0.05, 0) is 34.7 Å². The molecule has 0 radical (unpaired) electrons. The second kappa shape index (κ2) is 5.56. The maximum Gasteiger partial charge on any atom is 0.337 e. The molecule has 21 heavy (non-hydrogen) atoms. The van der Waals surface area contributed by atoms with E-state index in [0.29, 0.717) is 5.56 Å². The smallest absolute Gasteiger partial charge is 0.337 e. The van der Waals surface area contributed by atoms with Gasteiger partial charge in [0.15, 0.2) is 0 Å². The summed E-state index contributed by atoms with van der Waals surface area (Å²) < 4.78 is 4.81. The van der Waals surface area contributed by atoms with Crippen LogP contribution in [0, 0.1) is 0 Å². The Balaban J connectivity index is 2.63. The first-order valence-electron chi connectivity index (χ1n) is 6.69. The molecule has 0 fully saturated rings. The van der Waals surface area contributed by atoms with E-state index in [1.54, 1.807) is 18.3 Å². The summed E-state index contributed by atoms with van der Waals surface area (Å²) in [6.45, 7) is 6.23. The molecular weight excluding hydrogens is 266 g/mol. The molecule has 2 rings (SSSR count). The Morgan fingerprint density at radius 3 is 2.38 bits per heavy atom. The molecule has 0 amide bonds. The highest BCUT2D eigenvalue weighted by molar-refractivity contribution is 5.91. The molecule has 2 aromatic rings. The van der Waals surface area contributed by atoms with Gasteiger partial charge in [-0.15, -0.1) is 0 Å². The largest absolute Gasteiger partial charge is 0.506 e. The van der Waals surface area contributed by atoms with Gasteiger partial charge in [-0.3, -0.25) is 4.98 Å². The summed E-state index contributed by atoms with van der Waals surface area (Å²) in [5.74, 6) is -0.288. The number of rotatable bonds is 2. The lowest BCUT2D eigenvalue weighted by molar-refractivity contribution is 0.0600. The van der Waals surface area contributed by atoms with Crippen LogP contribution in [0.2, 0.25) is 0 Å². The highest BCUT2D eigenvalue weighted by Gasteiger charge is 2.18. The third-order valence-electron chi connectivity index (χ3n) is 3.28. The molecule has 0 saturated heterocycles. The number of pyridine rings is 1. The average Bonchev–Trinajstić information content (AvgIpc) is 2.45. The van der Waals surface area contributed by atoms with Crippen molar-refractivity contribution in [2.24, 2.45) is 0 Å². The zero-order valence-electron chi connectivity index (χ0n) is 12.7. The fourth-order valence-corrected chi connectivity index (χ4v) is 2.05. The second-order valence-electron chi connectivity index (χ2n) is 5.97. The van der Waals surface area contributed by atoms with Gasteiger partial charge in [0.05, 0.1) is 18.9 Å². The van der Waals surface area contributed by atoms with E-state index in [-0.39, 0.29) is 17.1 Å². The Hall–Kier alpha value is -2.36. The Labute approximate surface area is 124 Å². The van der Waals surface area contributed by atoms with Crippen molar-refractivity contribution < 1.29 is 14.6 Å². The standard InChI is InChI=1S/C17H19NO3/c1-17(2,3)14-6-11(5-12(7-14)16(20)21-4)13-8-15(19)10-18-9-13/h5-10,19H,1-4H3. The molecule has 0 bridgehead atoms. The molecule has 1 heterocycles. The number of hydrogen-bond acceptors (Lipinski definition) is 4. The lowest BCUT2D eigenvalue weighted by Crippen LogP contribution is -2.13. The zero-order chi connectivity index (χ0) is 15.6. The van der Waals surface area contributed by atoms with Crippen LogP contribution in [0.15, 0.2) is 36.7 Å². The van der Waals surface area contributed by atoms with Crippen LogP contribution in [0.3, 0.4) is 0 Å². The molecular formula is C17H19NO3. The fourth-order valence-electron chi connectivity index (χ4n) is 2.05. The number of aromatic hydroxyl groups is 1. The second-order valence-corrected chi connectivity index (χ2v) is 5.97. The SMILES string of the molecule is COC(=O)c1cc(-c2cncc(O)c2)cc(C(C)(C)C)c1. The number of methoxy groups -OCH3 is 1. The van der Waals surface area contributed by atoms with E-state index in [9.17, 15) is 9.90 Å². The molecule has 1 aromatic carbocycles. The van der Waals surface area contributed by atoms with Crippen LogP contribution >= 0.6 is 0 Å². The Kier molecular flexibility index (Phi) is 3.98. The van der Waals surface area contributed by atoms with Crippen molar-refractivity contribution in [3.05, 3.63) is 47.8 Å². The summed E-state index contributed by atoms with van der Waals surface area (Å²) in [5.41, 5.74) is 2.98. The van der Waals surface area contributed by atoms with Crippen LogP contribution in [-0.4, -0.2) is 23.2 Å². The Morgan fingerprint density at radius 1 is 1.10 bits per heavy atom. The normalized spacial score (nSPS) is 11.2. The molecule has 0 aliphatic rings. The van der Waals surface area contributed by atoms with E-state index in [0.717, 1.165) is 16.7 Å². The Bertz CT molecular complexity index is 672. The van der Waals surface area contributed by atoms with Crippen LogP contribution in [0.1, 0.15) is 36.7 Å². The molecule has 0 aliphatic carbocycles. The third kappa shape index (κ3) is 3.40. The maximum absolute atomic E-state index is 11.9. The summed E-state index contributed by atoms with van der Waals surface area (Å²) in [6.07, 6.45) is 3.03. The van der Waals surface area contributed by atoms with Gasteiger partial charge >= 0.3 is 5.97 Å². The number of carbonyl (C=O) groups is 1. The molecule has 110 valence electrons. The summed E-state index contributed by atoms with van der Waals surface area (Å²) >= 11 is 0. The molecule has 1 aromatic heterocycles. The summed E-state index contributed by atoms with van der Waals surface area (Å²) in [4.78, 5) is 15.8. The van der Waals surface area contributed by atoms with Crippen molar-refractivity contribution in [3.8, 4) is 16.9 Å². The zero-order valence-corrected chi connectivity index (χ0v) is 12.7. The lowest BCUT2D eigenvalue weighted by Gasteiger charge is -2.21. The van der Waals surface area contributed by atoms with Crippen molar-refractivity contribution >= 4 is 5.97 Å². The highest BCUT2D eigenvalue weighted by atomic mass is 16.5. The predicted molar refractivity (Wildman–Crippen MR) is 81.4 cm³/mol. The monoisotopic (exact) mass is 285 g/mol. The molecule has 0 atom stereocenters. The van der Waals surface area contributed by atoms with E-state index >= 15 is 0 Å². The van der Waals surface area contributed by atoms with Crippen LogP contribution in [0.4, 0.5) is 0 Å². The molecule has 1 N–H and O–H groups in total. The predicted octanol–water partition coefficient (Wildman–Crippen LogP) is 3.54. The molecule has 0 saturated carbocycles. The van der Waals surface area contributed by atoms with E-state index in [1.807, 2.05) is 12.1 Å². The van der Waals surface area contributed by atoms with Crippen LogP contribution < -0.4 is 0 Å². The van der Waals surface area contributed by atoms with Gasteiger partial charge in [0.1, 0.15) is 5.75 Å². The first kappa shape index (κ1) is 15.0. The van der Waals surface area contributed by atoms with Crippen molar-refractivity contribution in [3.63, 3.8) is 0 Å². The van der Waals surface area contributed by atoms with Crippen LogP contribution in [0.25, 0.3) is 11.1 Å². The van der Waals surface area contributed by atoms with E-state index in [4.69, 9.17) is 4.74 Å². The first-order valence-corrected chi connectivity index (χ1v) is 6.69. The minimum absolute atomic E-state index is 0.0910. The average molecular weight is 285 g/mol. The van der Waals surface area contributed by atoms with Gasteiger partial charge < -0.3 is 9.84 Å². The molecule has 4 nitrogen and oxygen atoms in total. The minimum atomic E-state index is -0.379. The van der Waals surface area contributed by atoms with Crippen molar-refractivity contribution in [2.45, 2.75) is 26.2 Å². The number of benzene rings is 1. The number of aromatic nitrogens is 1. The van der Waals surface area contributed by atoms with E-state index in [1.165, 1.54) is 13.3 Å². The Morgan fingerprint density at radius 2 is 1.81 bits per heavy atom. The van der Waals surface area contributed by atoms with Gasteiger partial charge in [-0.1, -0.05) is 26.8 Å². The number of hydrogen-bond donors (Lipinski definition) is 1. The number of nitrogens with zero attached hydrogens (tertiary/aromatic N) is 1. The topological polar surface area (TPSA) is 59.4 Å². The molecule has 4 heteroatoms.